The van der Waals surface area contributed by atoms with E-state index in [4.69, 9.17) is 9.72 Å². The van der Waals surface area contributed by atoms with Crippen molar-refractivity contribution in [3.05, 3.63) is 60.0 Å². The third kappa shape index (κ3) is 4.23. The number of H-pyrrole nitrogens is 1. The second kappa shape index (κ2) is 7.72. The van der Waals surface area contributed by atoms with Crippen LogP contribution >= 0.6 is 0 Å². The van der Waals surface area contributed by atoms with E-state index in [0.29, 0.717) is 5.82 Å². The number of pyridine rings is 1. The summed E-state index contributed by atoms with van der Waals surface area (Å²) in [4.78, 5) is 24.7. The molecule has 0 aliphatic heterocycles. The van der Waals surface area contributed by atoms with E-state index in [1.807, 2.05) is 37.3 Å². The lowest BCUT2D eigenvalue weighted by Gasteiger charge is -2.21. The summed E-state index contributed by atoms with van der Waals surface area (Å²) in [5, 5.41) is 2.86. The number of carbonyl (C=O) groups excluding carboxylic acids is 1. The minimum atomic E-state index is -0.893. The number of imidazole rings is 1. The topological polar surface area (TPSA) is 79.9 Å². The fraction of sp³-hybridized carbons (Fsp3) is 0.286. The number of nitrogens with one attached hydrogen (secondary N) is 2. The van der Waals surface area contributed by atoms with Crippen LogP contribution in [0.4, 0.5) is 0 Å². The van der Waals surface area contributed by atoms with Crippen molar-refractivity contribution in [1.29, 1.82) is 0 Å². The fourth-order valence-electron chi connectivity index (χ4n) is 2.59. The zero-order valence-electron chi connectivity index (χ0n) is 16.0. The van der Waals surface area contributed by atoms with Gasteiger partial charge in [0.1, 0.15) is 11.4 Å². The SMILES string of the molecule is COC(C)(C)C(=O)NCc1nc(-c2ccc(C)cc2)c(-c2ccccn2)[nH]1. The van der Waals surface area contributed by atoms with Crippen LogP contribution in [0.1, 0.15) is 25.2 Å². The van der Waals surface area contributed by atoms with E-state index in [1.165, 1.54) is 12.7 Å². The molecule has 0 bridgehead atoms. The van der Waals surface area contributed by atoms with Crippen LogP contribution in [0.25, 0.3) is 22.6 Å². The predicted octanol–water partition coefficient (Wildman–Crippen LogP) is 3.49. The summed E-state index contributed by atoms with van der Waals surface area (Å²) in [5.74, 6) is 0.462. The fourth-order valence-corrected chi connectivity index (χ4v) is 2.59. The molecule has 6 heteroatoms. The van der Waals surface area contributed by atoms with Gasteiger partial charge in [0.2, 0.25) is 0 Å². The van der Waals surface area contributed by atoms with E-state index in [1.54, 1.807) is 20.0 Å². The van der Waals surface area contributed by atoms with Gasteiger partial charge in [0.15, 0.2) is 0 Å². The molecule has 0 radical (unpaired) electrons. The summed E-state index contributed by atoms with van der Waals surface area (Å²) in [6.45, 7) is 5.77. The Labute approximate surface area is 159 Å². The number of methoxy groups -OCH3 is 1. The van der Waals surface area contributed by atoms with Gasteiger partial charge in [-0.2, -0.15) is 0 Å². The average molecular weight is 364 g/mol. The number of hydrogen-bond donors (Lipinski definition) is 2. The number of aromatic amines is 1. The maximum Gasteiger partial charge on any atom is 0.252 e. The van der Waals surface area contributed by atoms with Crippen molar-refractivity contribution >= 4 is 5.91 Å². The molecule has 140 valence electrons. The predicted molar refractivity (Wildman–Crippen MR) is 105 cm³/mol. The highest BCUT2D eigenvalue weighted by Crippen LogP contribution is 2.29. The summed E-state index contributed by atoms with van der Waals surface area (Å²) < 4.78 is 5.21. The van der Waals surface area contributed by atoms with Crippen LogP contribution in [0.15, 0.2) is 48.7 Å². The molecule has 0 spiro atoms. The Balaban J connectivity index is 1.93. The third-order valence-electron chi connectivity index (χ3n) is 4.47. The lowest BCUT2D eigenvalue weighted by molar-refractivity contribution is -0.139. The Hall–Kier alpha value is -2.99. The maximum atomic E-state index is 12.2. The molecule has 1 amide bonds. The second-order valence-electron chi connectivity index (χ2n) is 6.89. The maximum absolute atomic E-state index is 12.2. The molecular weight excluding hydrogens is 340 g/mol. The van der Waals surface area contributed by atoms with Crippen LogP contribution in [0.2, 0.25) is 0 Å². The van der Waals surface area contributed by atoms with Crippen LogP contribution in [-0.2, 0) is 16.1 Å². The number of carbonyl (C=O) groups is 1. The molecule has 0 atom stereocenters. The lowest BCUT2D eigenvalue weighted by Crippen LogP contribution is -2.43. The number of nitrogens with zero attached hydrogens (tertiary/aromatic N) is 2. The van der Waals surface area contributed by atoms with E-state index in [0.717, 1.165) is 22.6 Å². The first-order chi connectivity index (χ1) is 12.9. The van der Waals surface area contributed by atoms with Gasteiger partial charge in [-0.3, -0.25) is 9.78 Å². The van der Waals surface area contributed by atoms with E-state index >= 15 is 0 Å². The molecule has 2 aromatic heterocycles. The van der Waals surface area contributed by atoms with Crippen LogP contribution in [-0.4, -0.2) is 33.6 Å². The number of amides is 1. The number of ether oxygens (including phenoxy) is 1. The zero-order valence-corrected chi connectivity index (χ0v) is 16.0. The third-order valence-corrected chi connectivity index (χ3v) is 4.47. The van der Waals surface area contributed by atoms with Gasteiger partial charge in [0, 0.05) is 18.9 Å². The normalized spacial score (nSPS) is 11.4. The van der Waals surface area contributed by atoms with Crippen molar-refractivity contribution in [3.8, 4) is 22.6 Å². The van der Waals surface area contributed by atoms with Gasteiger partial charge in [-0.15, -0.1) is 0 Å². The molecule has 6 nitrogen and oxygen atoms in total. The van der Waals surface area contributed by atoms with Crippen LogP contribution in [0, 0.1) is 6.92 Å². The monoisotopic (exact) mass is 364 g/mol. The lowest BCUT2D eigenvalue weighted by atomic mass is 10.1. The molecule has 0 aliphatic rings. The van der Waals surface area contributed by atoms with Gasteiger partial charge in [0.05, 0.1) is 23.6 Å². The summed E-state index contributed by atoms with van der Waals surface area (Å²) in [6, 6.07) is 13.9. The first kappa shape index (κ1) is 18.8. The summed E-state index contributed by atoms with van der Waals surface area (Å²) in [6.07, 6.45) is 1.75. The smallest absolute Gasteiger partial charge is 0.252 e. The van der Waals surface area contributed by atoms with E-state index in [2.05, 4.69) is 27.4 Å². The molecule has 0 saturated carbocycles. The Morgan fingerprint density at radius 2 is 1.93 bits per heavy atom. The van der Waals surface area contributed by atoms with Gasteiger partial charge in [-0.25, -0.2) is 4.98 Å². The number of aromatic nitrogens is 3. The Kier molecular flexibility index (Phi) is 5.37. The van der Waals surface area contributed by atoms with E-state index in [9.17, 15) is 4.79 Å². The van der Waals surface area contributed by atoms with Crippen molar-refractivity contribution in [3.63, 3.8) is 0 Å². The molecule has 1 aromatic carbocycles. The number of aryl methyl sites for hydroxylation is 1. The molecule has 0 unspecified atom stereocenters. The average Bonchev–Trinajstić information content (AvgIpc) is 3.11. The summed E-state index contributed by atoms with van der Waals surface area (Å²) in [7, 11) is 1.52. The van der Waals surface area contributed by atoms with Crippen LogP contribution in [0.3, 0.4) is 0 Å². The van der Waals surface area contributed by atoms with Crippen LogP contribution < -0.4 is 5.32 Å². The minimum Gasteiger partial charge on any atom is -0.369 e. The van der Waals surface area contributed by atoms with Crippen molar-refractivity contribution in [2.24, 2.45) is 0 Å². The van der Waals surface area contributed by atoms with Gasteiger partial charge >= 0.3 is 0 Å². The van der Waals surface area contributed by atoms with Gasteiger partial charge < -0.3 is 15.0 Å². The van der Waals surface area contributed by atoms with Crippen molar-refractivity contribution in [1.82, 2.24) is 20.3 Å². The molecule has 3 aromatic rings. The quantitative estimate of drug-likeness (QED) is 0.702. The molecule has 0 fully saturated rings. The highest BCUT2D eigenvalue weighted by molar-refractivity contribution is 5.84. The molecule has 0 saturated heterocycles. The highest BCUT2D eigenvalue weighted by Gasteiger charge is 2.27. The number of hydrogen-bond acceptors (Lipinski definition) is 4. The highest BCUT2D eigenvalue weighted by atomic mass is 16.5. The number of rotatable bonds is 6. The van der Waals surface area contributed by atoms with Crippen LogP contribution in [0.5, 0.6) is 0 Å². The Bertz CT molecular complexity index is 915. The first-order valence-corrected chi connectivity index (χ1v) is 8.81. The standard InChI is InChI=1S/C21H24N4O2/c1-14-8-10-15(11-9-14)18-19(16-7-5-6-12-22-16)25-17(24-18)13-23-20(26)21(2,3)27-4/h5-12H,13H2,1-4H3,(H,23,26)(H,24,25). The van der Waals surface area contributed by atoms with Gasteiger partial charge in [0.25, 0.3) is 5.91 Å². The molecule has 3 rings (SSSR count). The second-order valence-corrected chi connectivity index (χ2v) is 6.89. The van der Waals surface area contributed by atoms with Crippen molar-refractivity contribution < 1.29 is 9.53 Å². The van der Waals surface area contributed by atoms with Crippen molar-refractivity contribution in [2.75, 3.05) is 7.11 Å². The molecular formula is C21H24N4O2. The van der Waals surface area contributed by atoms with Crippen molar-refractivity contribution in [2.45, 2.75) is 32.9 Å². The Morgan fingerprint density at radius 1 is 1.19 bits per heavy atom. The molecule has 0 aliphatic carbocycles. The molecule has 2 heterocycles. The van der Waals surface area contributed by atoms with Gasteiger partial charge in [-0.1, -0.05) is 35.9 Å². The van der Waals surface area contributed by atoms with E-state index < -0.39 is 5.60 Å². The van der Waals surface area contributed by atoms with E-state index in [-0.39, 0.29) is 12.5 Å². The first-order valence-electron chi connectivity index (χ1n) is 8.81. The summed E-state index contributed by atoms with van der Waals surface area (Å²) in [5.41, 5.74) is 3.72. The van der Waals surface area contributed by atoms with Gasteiger partial charge in [-0.05, 0) is 32.9 Å². The molecule has 2 N–H and O–H groups in total. The Morgan fingerprint density at radius 3 is 2.56 bits per heavy atom. The minimum absolute atomic E-state index is 0.197. The summed E-state index contributed by atoms with van der Waals surface area (Å²) >= 11 is 0. The molecule has 27 heavy (non-hydrogen) atoms. The largest absolute Gasteiger partial charge is 0.369 e. The number of benzene rings is 1. The zero-order chi connectivity index (χ0) is 19.4.